The van der Waals surface area contributed by atoms with Gasteiger partial charge in [-0.1, -0.05) is 24.3 Å². The molecule has 1 atom stereocenters. The lowest BCUT2D eigenvalue weighted by atomic mass is 10.00. The van der Waals surface area contributed by atoms with E-state index in [1.165, 1.54) is 11.1 Å². The van der Waals surface area contributed by atoms with Crippen LogP contribution >= 0.6 is 0 Å². The zero-order chi connectivity index (χ0) is 16.2. The number of hydrogen-bond acceptors (Lipinski definition) is 4. The van der Waals surface area contributed by atoms with Crippen LogP contribution in [-0.4, -0.2) is 28.6 Å². The van der Waals surface area contributed by atoms with Crippen molar-refractivity contribution in [3.63, 3.8) is 0 Å². The van der Waals surface area contributed by atoms with Gasteiger partial charge in [0.05, 0.1) is 24.4 Å². The highest BCUT2D eigenvalue weighted by molar-refractivity contribution is 5.90. The Morgan fingerprint density at radius 3 is 2.78 bits per heavy atom. The van der Waals surface area contributed by atoms with Crippen LogP contribution < -0.4 is 10.2 Å². The van der Waals surface area contributed by atoms with Crippen LogP contribution in [0.1, 0.15) is 24.5 Å². The molecule has 2 N–H and O–H groups in total. The molecule has 23 heavy (non-hydrogen) atoms. The molecule has 5 nitrogen and oxygen atoms in total. The lowest BCUT2D eigenvalue weighted by Gasteiger charge is -2.29. The summed E-state index contributed by atoms with van der Waals surface area (Å²) < 4.78 is 0. The fraction of sp³-hybridized carbons (Fsp3) is 0.333. The molecule has 0 radical (unpaired) electrons. The van der Waals surface area contributed by atoms with Crippen molar-refractivity contribution in [3.05, 3.63) is 53.7 Å². The largest absolute Gasteiger partial charge is 0.393 e. The van der Waals surface area contributed by atoms with Gasteiger partial charge in [0.2, 0.25) is 5.91 Å². The van der Waals surface area contributed by atoms with E-state index in [0.717, 1.165) is 25.3 Å². The first-order valence-corrected chi connectivity index (χ1v) is 7.87. The van der Waals surface area contributed by atoms with E-state index in [1.54, 1.807) is 13.1 Å². The summed E-state index contributed by atoms with van der Waals surface area (Å²) in [4.78, 5) is 18.3. The van der Waals surface area contributed by atoms with Crippen LogP contribution in [0, 0.1) is 0 Å². The van der Waals surface area contributed by atoms with E-state index in [0.29, 0.717) is 5.69 Å². The minimum absolute atomic E-state index is 0.0880. The molecule has 1 amide bonds. The molecule has 5 heteroatoms. The van der Waals surface area contributed by atoms with E-state index in [4.69, 9.17) is 0 Å². The van der Waals surface area contributed by atoms with E-state index in [9.17, 15) is 9.90 Å². The third kappa shape index (κ3) is 3.87. The third-order valence-corrected chi connectivity index (χ3v) is 3.97. The molecule has 2 heterocycles. The van der Waals surface area contributed by atoms with Crippen molar-refractivity contribution in [2.75, 3.05) is 16.8 Å². The van der Waals surface area contributed by atoms with Gasteiger partial charge in [-0.2, -0.15) is 0 Å². The van der Waals surface area contributed by atoms with Gasteiger partial charge in [0.15, 0.2) is 0 Å². The average Bonchev–Trinajstić information content (AvgIpc) is 2.54. The number of fused-ring (bicyclic) bond motifs is 1. The van der Waals surface area contributed by atoms with Gasteiger partial charge in [-0.15, -0.1) is 0 Å². The second-order valence-corrected chi connectivity index (χ2v) is 5.95. The van der Waals surface area contributed by atoms with Gasteiger partial charge in [-0.3, -0.25) is 4.79 Å². The summed E-state index contributed by atoms with van der Waals surface area (Å²) >= 11 is 0. The highest BCUT2D eigenvalue weighted by Crippen LogP contribution is 2.23. The Bertz CT molecular complexity index is 683. The van der Waals surface area contributed by atoms with Crippen molar-refractivity contribution >= 4 is 17.4 Å². The van der Waals surface area contributed by atoms with Gasteiger partial charge < -0.3 is 15.3 Å². The summed E-state index contributed by atoms with van der Waals surface area (Å²) in [5.74, 6) is 0.703. The lowest BCUT2D eigenvalue weighted by molar-refractivity contribution is -0.117. The van der Waals surface area contributed by atoms with E-state index < -0.39 is 6.10 Å². The van der Waals surface area contributed by atoms with Crippen LogP contribution in [-0.2, 0) is 17.8 Å². The Balaban J connectivity index is 1.65. The second-order valence-electron chi connectivity index (χ2n) is 5.95. The number of aliphatic hydroxyl groups is 1. The Labute approximate surface area is 136 Å². The first-order chi connectivity index (χ1) is 11.1. The number of benzene rings is 1. The second kappa shape index (κ2) is 6.79. The Kier molecular flexibility index (Phi) is 4.57. The fourth-order valence-corrected chi connectivity index (χ4v) is 2.82. The number of hydrogen-bond donors (Lipinski definition) is 2. The topological polar surface area (TPSA) is 65.5 Å². The molecule has 120 valence electrons. The summed E-state index contributed by atoms with van der Waals surface area (Å²) in [5.41, 5.74) is 3.40. The molecule has 1 aromatic heterocycles. The number of rotatable bonds is 4. The molecule has 2 aromatic rings. The minimum atomic E-state index is -0.643. The predicted octanol–water partition coefficient (Wildman–Crippen LogP) is 2.35. The van der Waals surface area contributed by atoms with Gasteiger partial charge in [0.1, 0.15) is 5.82 Å². The van der Waals surface area contributed by atoms with Gasteiger partial charge in [-0.25, -0.2) is 4.98 Å². The molecule has 1 aliphatic rings. The number of amides is 1. The van der Waals surface area contributed by atoms with Gasteiger partial charge in [-0.05, 0) is 36.6 Å². The zero-order valence-electron chi connectivity index (χ0n) is 13.2. The summed E-state index contributed by atoms with van der Waals surface area (Å²) in [6, 6.07) is 12.3. The number of aromatic nitrogens is 1. The van der Waals surface area contributed by atoms with Gasteiger partial charge in [0, 0.05) is 13.1 Å². The number of nitrogens with one attached hydrogen (secondary N) is 1. The standard InChI is InChI=1S/C18H21N3O2/c1-13(22)10-18(23)20-16-6-7-17(19-11-16)21-9-8-14-4-2-3-5-15(14)12-21/h2-7,11,13,22H,8-10,12H2,1H3,(H,20,23). The molecule has 0 bridgehead atoms. The maximum Gasteiger partial charge on any atom is 0.227 e. The van der Waals surface area contributed by atoms with Gasteiger partial charge >= 0.3 is 0 Å². The van der Waals surface area contributed by atoms with Crippen molar-refractivity contribution in [2.45, 2.75) is 32.4 Å². The molecular weight excluding hydrogens is 290 g/mol. The normalized spacial score (nSPS) is 15.0. The van der Waals surface area contributed by atoms with E-state index in [-0.39, 0.29) is 12.3 Å². The fourth-order valence-electron chi connectivity index (χ4n) is 2.82. The number of aliphatic hydroxyl groups excluding tert-OH is 1. The number of carbonyl (C=O) groups is 1. The van der Waals surface area contributed by atoms with E-state index in [2.05, 4.69) is 39.5 Å². The number of anilines is 2. The van der Waals surface area contributed by atoms with Crippen LogP contribution in [0.2, 0.25) is 0 Å². The van der Waals surface area contributed by atoms with E-state index in [1.807, 2.05) is 12.1 Å². The van der Waals surface area contributed by atoms with Gasteiger partial charge in [0.25, 0.3) is 0 Å². The number of carbonyl (C=O) groups excluding carboxylic acids is 1. The third-order valence-electron chi connectivity index (χ3n) is 3.97. The summed E-state index contributed by atoms with van der Waals surface area (Å²) in [6.45, 7) is 3.39. The van der Waals surface area contributed by atoms with Crippen molar-refractivity contribution in [1.82, 2.24) is 4.98 Å². The van der Waals surface area contributed by atoms with Crippen LogP contribution in [0.4, 0.5) is 11.5 Å². The minimum Gasteiger partial charge on any atom is -0.393 e. The highest BCUT2D eigenvalue weighted by Gasteiger charge is 2.17. The summed E-state index contributed by atoms with van der Waals surface area (Å²) in [6.07, 6.45) is 2.13. The van der Waals surface area contributed by atoms with Crippen LogP contribution in [0.3, 0.4) is 0 Å². The Hall–Kier alpha value is -2.40. The quantitative estimate of drug-likeness (QED) is 0.910. The highest BCUT2D eigenvalue weighted by atomic mass is 16.3. The summed E-state index contributed by atoms with van der Waals surface area (Å²) in [7, 11) is 0. The average molecular weight is 311 g/mol. The maximum atomic E-state index is 11.6. The number of pyridine rings is 1. The first-order valence-electron chi connectivity index (χ1n) is 7.87. The lowest BCUT2D eigenvalue weighted by Crippen LogP contribution is -2.30. The van der Waals surface area contributed by atoms with Crippen LogP contribution in [0.15, 0.2) is 42.6 Å². The number of nitrogens with zero attached hydrogens (tertiary/aromatic N) is 2. The Morgan fingerprint density at radius 1 is 1.30 bits per heavy atom. The molecule has 1 aromatic carbocycles. The molecule has 0 spiro atoms. The first kappa shape index (κ1) is 15.5. The molecule has 0 saturated carbocycles. The smallest absolute Gasteiger partial charge is 0.227 e. The molecule has 0 aliphatic carbocycles. The van der Waals surface area contributed by atoms with Crippen LogP contribution in [0.5, 0.6) is 0 Å². The molecule has 0 saturated heterocycles. The van der Waals surface area contributed by atoms with Crippen molar-refractivity contribution in [3.8, 4) is 0 Å². The molecule has 1 unspecified atom stereocenters. The van der Waals surface area contributed by atoms with E-state index >= 15 is 0 Å². The van der Waals surface area contributed by atoms with Crippen molar-refractivity contribution < 1.29 is 9.90 Å². The molecular formula is C18H21N3O2. The van der Waals surface area contributed by atoms with Crippen molar-refractivity contribution in [2.24, 2.45) is 0 Å². The molecule has 3 rings (SSSR count). The molecule has 0 fully saturated rings. The summed E-state index contributed by atoms with van der Waals surface area (Å²) in [5, 5.41) is 12.0. The zero-order valence-corrected chi connectivity index (χ0v) is 13.2. The monoisotopic (exact) mass is 311 g/mol. The maximum absolute atomic E-state index is 11.6. The van der Waals surface area contributed by atoms with Crippen molar-refractivity contribution in [1.29, 1.82) is 0 Å². The predicted molar refractivity (Wildman–Crippen MR) is 90.4 cm³/mol. The SMILES string of the molecule is CC(O)CC(=O)Nc1ccc(N2CCc3ccccc3C2)nc1. The Morgan fingerprint density at radius 2 is 2.09 bits per heavy atom. The molecule has 1 aliphatic heterocycles. The van der Waals surface area contributed by atoms with Crippen LogP contribution in [0.25, 0.3) is 0 Å².